The predicted molar refractivity (Wildman–Crippen MR) is 297 cm³/mol. The van der Waals surface area contributed by atoms with Gasteiger partial charge in [-0.1, -0.05) is 120 Å². The third-order valence-electron chi connectivity index (χ3n) is 16.4. The van der Waals surface area contributed by atoms with Gasteiger partial charge >= 0.3 is 0 Å². The van der Waals surface area contributed by atoms with E-state index in [4.69, 9.17) is 0 Å². The molecule has 0 atom stereocenters. The third kappa shape index (κ3) is 5.01. The van der Waals surface area contributed by atoms with E-state index < -0.39 is 0 Å². The molecule has 4 aliphatic heterocycles. The van der Waals surface area contributed by atoms with Gasteiger partial charge in [-0.15, -0.1) is 0 Å². The fourth-order valence-corrected chi connectivity index (χ4v) is 14.1. The Morgan fingerprint density at radius 3 is 1.06 bits per heavy atom. The number of hydrogen-bond acceptors (Lipinski definition) is 2. The molecule has 0 unspecified atom stereocenters. The first-order valence-electron chi connectivity index (χ1n) is 24.8. The third-order valence-corrected chi connectivity index (χ3v) is 16.4. The lowest BCUT2D eigenvalue weighted by molar-refractivity contribution is 0.561. The summed E-state index contributed by atoms with van der Waals surface area (Å²) in [5.74, 6) is 0. The number of benzene rings is 10. The molecule has 2 nitrogen and oxygen atoms in total. The number of nitrogens with zero attached hydrogens (tertiary/aromatic N) is 2. The van der Waals surface area contributed by atoms with Crippen molar-refractivity contribution < 1.29 is 0 Å². The largest absolute Gasteiger partial charge is 0.337 e. The van der Waals surface area contributed by atoms with E-state index in [1.807, 2.05) is 0 Å². The Kier molecular flexibility index (Phi) is 7.87. The van der Waals surface area contributed by atoms with Crippen molar-refractivity contribution in [1.82, 2.24) is 0 Å². The zero-order valence-electron chi connectivity index (χ0n) is 40.9. The highest BCUT2D eigenvalue weighted by Gasteiger charge is 2.47. The molecule has 326 valence electrons. The second-order valence-electron chi connectivity index (χ2n) is 22.5. The van der Waals surface area contributed by atoms with E-state index >= 15 is 0 Å². The molecule has 4 aliphatic rings. The van der Waals surface area contributed by atoms with Gasteiger partial charge in [-0.2, -0.15) is 0 Å². The van der Waals surface area contributed by atoms with Crippen molar-refractivity contribution in [3.8, 4) is 44.5 Å². The van der Waals surface area contributed by atoms with E-state index in [2.05, 4.69) is 225 Å². The van der Waals surface area contributed by atoms with Crippen LogP contribution in [-0.4, -0.2) is 24.5 Å². The first-order valence-corrected chi connectivity index (χ1v) is 24.8. The van der Waals surface area contributed by atoms with Crippen LogP contribution in [0, 0.1) is 27.7 Å². The van der Waals surface area contributed by atoms with E-state index in [9.17, 15) is 0 Å². The van der Waals surface area contributed by atoms with Crippen LogP contribution in [0.25, 0.3) is 76.8 Å². The fraction of sp³-hybridized carbons (Fsp3) is 0.188. The van der Waals surface area contributed by atoms with Crippen LogP contribution < -0.4 is 42.6 Å². The van der Waals surface area contributed by atoms with Crippen molar-refractivity contribution in [3.63, 3.8) is 0 Å². The molecule has 10 aromatic carbocycles. The zero-order valence-corrected chi connectivity index (χ0v) is 40.9. The number of fused-ring (bicyclic) bond motifs is 8. The first-order chi connectivity index (χ1) is 32.7. The Morgan fingerprint density at radius 1 is 0.324 bits per heavy atom. The van der Waals surface area contributed by atoms with Gasteiger partial charge < -0.3 is 9.80 Å². The van der Waals surface area contributed by atoms with Crippen LogP contribution in [0.4, 0.5) is 22.7 Å². The van der Waals surface area contributed by atoms with Crippen LogP contribution in [0.5, 0.6) is 0 Å². The Balaban J connectivity index is 1.25. The molecule has 0 fully saturated rings. The molecular weight excluding hydrogens is 818 g/mol. The van der Waals surface area contributed by atoms with Crippen molar-refractivity contribution in [3.05, 3.63) is 168 Å². The molecular formula is C64H54B2N2. The highest BCUT2D eigenvalue weighted by atomic mass is 15.2. The molecule has 10 aromatic rings. The van der Waals surface area contributed by atoms with Crippen molar-refractivity contribution in [2.45, 2.75) is 80.3 Å². The zero-order chi connectivity index (χ0) is 46.4. The maximum absolute atomic E-state index is 2.68. The van der Waals surface area contributed by atoms with Gasteiger partial charge in [0.25, 0.3) is 0 Å². The molecule has 0 saturated heterocycles. The summed E-state index contributed by atoms with van der Waals surface area (Å²) in [6.45, 7) is 23.6. The Bertz CT molecular complexity index is 3600. The normalized spacial score (nSPS) is 14.2. The minimum atomic E-state index is -0.142. The van der Waals surface area contributed by atoms with E-state index in [1.165, 1.54) is 155 Å². The number of rotatable bonds is 2. The standard InChI is InChI=1S/C64H54B2N2/c1-35-19-15-20-36(2)55(35)43-31-41-39-23-17-29-53-61(39)66(48-26-12-14-28-52(48)67(53)63(5,6)7)50-34-46-44(56-37(3)21-16-22-38(56)4)32-42-40-24-18-30-54-62(40)65(47-25-11-13-27-51(47)68(54)64(8,9)10)49-33-45(43)59(57(41)50)60(46)58(42)49/h11-34H,1-10H3. The van der Waals surface area contributed by atoms with Gasteiger partial charge in [0, 0.05) is 33.8 Å². The molecule has 0 radical (unpaired) electrons. The lowest BCUT2D eigenvalue weighted by Crippen LogP contribution is -2.62. The summed E-state index contributed by atoms with van der Waals surface area (Å²) in [6, 6.07) is 57.2. The molecule has 0 N–H and O–H groups in total. The highest BCUT2D eigenvalue weighted by molar-refractivity contribution is 7.02. The molecule has 4 heterocycles. The van der Waals surface area contributed by atoms with Crippen LogP contribution in [0.15, 0.2) is 146 Å². The lowest BCUT2D eigenvalue weighted by atomic mass is 9.31. The maximum atomic E-state index is 2.68. The van der Waals surface area contributed by atoms with Crippen molar-refractivity contribution >= 4 is 101 Å². The molecule has 68 heavy (non-hydrogen) atoms. The Labute approximate surface area is 401 Å². The summed E-state index contributed by atoms with van der Waals surface area (Å²) in [5.41, 5.74) is 29.5. The average Bonchev–Trinajstić information content (AvgIpc) is 3.30. The fourth-order valence-electron chi connectivity index (χ4n) is 14.1. The summed E-state index contributed by atoms with van der Waals surface area (Å²) in [7, 11) is 0. The summed E-state index contributed by atoms with van der Waals surface area (Å²) in [5, 5.41) is 8.36. The molecule has 0 bridgehead atoms. The van der Waals surface area contributed by atoms with Crippen molar-refractivity contribution in [1.29, 1.82) is 0 Å². The second-order valence-corrected chi connectivity index (χ2v) is 22.5. The second kappa shape index (κ2) is 13.4. The minimum absolute atomic E-state index is 0.0657. The SMILES string of the molecule is Cc1cccc(C)c1-c1cc2c3c(cc4c(-c5c(C)cccc5C)cc5c6c(cc1c3c46)B1c3ccccc3N(C(C)(C)C)c3cccc-5c31)B1c3ccccc3N(C(C)(C)C)c3cccc-2c31. The molecule has 14 rings (SSSR count). The van der Waals surface area contributed by atoms with Gasteiger partial charge in [-0.25, -0.2) is 0 Å². The number of para-hydroxylation sites is 2. The molecule has 0 aromatic heterocycles. The summed E-state index contributed by atoms with van der Waals surface area (Å²) >= 11 is 0. The lowest BCUT2D eigenvalue weighted by Gasteiger charge is -2.47. The molecule has 0 spiro atoms. The first kappa shape index (κ1) is 40.1. The van der Waals surface area contributed by atoms with Gasteiger partial charge in [-0.3, -0.25) is 0 Å². The number of anilines is 4. The topological polar surface area (TPSA) is 6.48 Å². The Morgan fingerprint density at radius 2 is 0.676 bits per heavy atom. The average molecular weight is 873 g/mol. The van der Waals surface area contributed by atoms with Gasteiger partial charge in [0.2, 0.25) is 13.4 Å². The smallest absolute Gasteiger partial charge is 0.248 e. The Hall–Kier alpha value is -7.03. The van der Waals surface area contributed by atoms with Gasteiger partial charge in [-0.05, 0) is 227 Å². The van der Waals surface area contributed by atoms with Crippen LogP contribution in [0.2, 0.25) is 0 Å². The monoisotopic (exact) mass is 872 g/mol. The molecule has 0 amide bonds. The van der Waals surface area contributed by atoms with E-state index in [1.54, 1.807) is 0 Å². The van der Waals surface area contributed by atoms with Gasteiger partial charge in [0.1, 0.15) is 0 Å². The van der Waals surface area contributed by atoms with E-state index in [-0.39, 0.29) is 24.5 Å². The minimum Gasteiger partial charge on any atom is -0.337 e. The van der Waals surface area contributed by atoms with Gasteiger partial charge in [0.15, 0.2) is 0 Å². The van der Waals surface area contributed by atoms with Crippen molar-refractivity contribution in [2.24, 2.45) is 0 Å². The summed E-state index contributed by atoms with van der Waals surface area (Å²) < 4.78 is 0. The molecule has 0 saturated carbocycles. The predicted octanol–water partition coefficient (Wildman–Crippen LogP) is 12.6. The van der Waals surface area contributed by atoms with Crippen LogP contribution in [0.3, 0.4) is 0 Å². The van der Waals surface area contributed by atoms with Crippen molar-refractivity contribution in [2.75, 3.05) is 9.80 Å². The highest BCUT2D eigenvalue weighted by Crippen LogP contribution is 2.52. The van der Waals surface area contributed by atoms with Crippen LogP contribution in [-0.2, 0) is 0 Å². The quantitative estimate of drug-likeness (QED) is 0.126. The number of hydrogen-bond donors (Lipinski definition) is 0. The van der Waals surface area contributed by atoms with Crippen LogP contribution >= 0.6 is 0 Å². The molecule has 0 aliphatic carbocycles. The van der Waals surface area contributed by atoms with E-state index in [0.29, 0.717) is 0 Å². The van der Waals surface area contributed by atoms with Crippen LogP contribution in [0.1, 0.15) is 63.8 Å². The maximum Gasteiger partial charge on any atom is 0.248 e. The number of aryl methyl sites for hydroxylation is 4. The summed E-state index contributed by atoms with van der Waals surface area (Å²) in [6.07, 6.45) is 0. The molecule has 4 heteroatoms. The van der Waals surface area contributed by atoms with Gasteiger partial charge in [0.05, 0.1) is 0 Å². The van der Waals surface area contributed by atoms with E-state index in [0.717, 1.165) is 0 Å². The summed E-state index contributed by atoms with van der Waals surface area (Å²) in [4.78, 5) is 5.24.